The second-order valence-electron chi connectivity index (χ2n) is 5.61. The van der Waals surface area contributed by atoms with Crippen molar-refractivity contribution in [1.29, 1.82) is 0 Å². The highest BCUT2D eigenvalue weighted by molar-refractivity contribution is 6.20. The Morgan fingerprint density at radius 3 is 2.00 bits per heavy atom. The van der Waals surface area contributed by atoms with E-state index in [1.165, 1.54) is 57.8 Å². The van der Waals surface area contributed by atoms with Gasteiger partial charge in [-0.25, -0.2) is 0 Å². The van der Waals surface area contributed by atoms with Gasteiger partial charge in [0.2, 0.25) is 0 Å². The van der Waals surface area contributed by atoms with Crippen molar-refractivity contribution >= 4 is 11.6 Å². The predicted molar refractivity (Wildman–Crippen MR) is 69.0 cm³/mol. The van der Waals surface area contributed by atoms with Gasteiger partial charge in [0, 0.05) is 5.38 Å². The van der Waals surface area contributed by atoms with Crippen molar-refractivity contribution in [2.24, 2.45) is 5.92 Å². The van der Waals surface area contributed by atoms with Crippen LogP contribution in [0.5, 0.6) is 0 Å². The van der Waals surface area contributed by atoms with Crippen molar-refractivity contribution in [3.05, 3.63) is 0 Å². The molecule has 0 aromatic carbocycles. The van der Waals surface area contributed by atoms with Crippen LogP contribution >= 0.6 is 11.6 Å². The van der Waals surface area contributed by atoms with Gasteiger partial charge < -0.3 is 4.74 Å². The molecular weight excluding hydrogens is 220 g/mol. The molecule has 2 saturated carbocycles. The fourth-order valence-electron chi connectivity index (χ4n) is 3.16. The Kier molecular flexibility index (Phi) is 4.97. The molecule has 2 aliphatic rings. The summed E-state index contributed by atoms with van der Waals surface area (Å²) in [6.45, 7) is 2.13. The van der Waals surface area contributed by atoms with E-state index in [-0.39, 0.29) is 0 Å². The maximum Gasteiger partial charge on any atom is 0.0579 e. The zero-order valence-electron chi connectivity index (χ0n) is 10.5. The molecule has 0 bridgehead atoms. The molecule has 1 atom stereocenters. The van der Waals surface area contributed by atoms with Crippen LogP contribution in [0.3, 0.4) is 0 Å². The highest BCUT2D eigenvalue weighted by Gasteiger charge is 2.26. The first kappa shape index (κ1) is 12.7. The van der Waals surface area contributed by atoms with E-state index in [1.54, 1.807) is 0 Å². The molecule has 2 aliphatic carbocycles. The minimum atomic E-state index is 0.343. The summed E-state index contributed by atoms with van der Waals surface area (Å²) in [6.07, 6.45) is 12.9. The van der Waals surface area contributed by atoms with Crippen LogP contribution in [-0.2, 0) is 4.74 Å². The standard InChI is InChI=1S/C14H25ClO/c1-11(15)12-7-9-14(10-8-12)16-13-5-3-2-4-6-13/h11-14H,2-10H2,1H3. The van der Waals surface area contributed by atoms with E-state index < -0.39 is 0 Å². The fraction of sp³-hybridized carbons (Fsp3) is 1.00. The Morgan fingerprint density at radius 2 is 1.44 bits per heavy atom. The van der Waals surface area contributed by atoms with Crippen LogP contribution in [0.2, 0.25) is 0 Å². The minimum absolute atomic E-state index is 0.343. The van der Waals surface area contributed by atoms with Crippen molar-refractivity contribution in [2.45, 2.75) is 82.3 Å². The summed E-state index contributed by atoms with van der Waals surface area (Å²) in [5.41, 5.74) is 0. The number of hydrogen-bond acceptors (Lipinski definition) is 1. The first-order valence-electron chi connectivity index (χ1n) is 7.05. The van der Waals surface area contributed by atoms with Gasteiger partial charge in [-0.2, -0.15) is 0 Å². The first-order chi connectivity index (χ1) is 7.75. The summed E-state index contributed by atoms with van der Waals surface area (Å²) in [4.78, 5) is 0. The molecule has 2 fully saturated rings. The number of hydrogen-bond donors (Lipinski definition) is 0. The molecule has 0 aromatic rings. The van der Waals surface area contributed by atoms with E-state index in [2.05, 4.69) is 6.92 Å². The Balaban J connectivity index is 1.68. The molecule has 0 radical (unpaired) electrons. The first-order valence-corrected chi connectivity index (χ1v) is 7.49. The van der Waals surface area contributed by atoms with Crippen LogP contribution in [0.15, 0.2) is 0 Å². The molecule has 0 N–H and O–H groups in total. The Hall–Kier alpha value is 0.250. The molecule has 0 aromatic heterocycles. The van der Waals surface area contributed by atoms with E-state index >= 15 is 0 Å². The summed E-state index contributed by atoms with van der Waals surface area (Å²) in [7, 11) is 0. The zero-order valence-corrected chi connectivity index (χ0v) is 11.2. The maximum absolute atomic E-state index is 6.22. The molecule has 0 amide bonds. The maximum atomic E-state index is 6.22. The molecule has 1 unspecified atom stereocenters. The third-order valence-corrected chi connectivity index (χ3v) is 4.66. The van der Waals surface area contributed by atoms with Gasteiger partial charge in [-0.15, -0.1) is 11.6 Å². The number of halogens is 1. The summed E-state index contributed by atoms with van der Waals surface area (Å²) < 4.78 is 6.22. The second kappa shape index (κ2) is 6.26. The van der Waals surface area contributed by atoms with Gasteiger partial charge in [0.1, 0.15) is 0 Å². The minimum Gasteiger partial charge on any atom is -0.375 e. The van der Waals surface area contributed by atoms with E-state index in [0.29, 0.717) is 17.6 Å². The molecule has 2 rings (SSSR count). The fourth-order valence-corrected chi connectivity index (χ4v) is 3.41. The zero-order chi connectivity index (χ0) is 11.4. The van der Waals surface area contributed by atoms with Crippen LogP contribution in [0.4, 0.5) is 0 Å². The van der Waals surface area contributed by atoms with Gasteiger partial charge in [-0.05, 0) is 51.4 Å². The topological polar surface area (TPSA) is 9.23 Å². The van der Waals surface area contributed by atoms with Gasteiger partial charge in [-0.1, -0.05) is 19.3 Å². The average Bonchev–Trinajstić information content (AvgIpc) is 2.31. The summed E-state index contributed by atoms with van der Waals surface area (Å²) in [5.74, 6) is 0.730. The monoisotopic (exact) mass is 244 g/mol. The van der Waals surface area contributed by atoms with Crippen molar-refractivity contribution in [3.8, 4) is 0 Å². The largest absolute Gasteiger partial charge is 0.375 e. The van der Waals surface area contributed by atoms with Crippen LogP contribution in [0, 0.1) is 5.92 Å². The quantitative estimate of drug-likeness (QED) is 0.664. The van der Waals surface area contributed by atoms with Crippen molar-refractivity contribution < 1.29 is 4.74 Å². The van der Waals surface area contributed by atoms with E-state index in [9.17, 15) is 0 Å². The van der Waals surface area contributed by atoms with E-state index in [4.69, 9.17) is 16.3 Å². The van der Waals surface area contributed by atoms with Crippen LogP contribution in [-0.4, -0.2) is 17.6 Å². The summed E-state index contributed by atoms with van der Waals surface area (Å²) in [6, 6.07) is 0. The average molecular weight is 245 g/mol. The third-order valence-electron chi connectivity index (χ3n) is 4.31. The van der Waals surface area contributed by atoms with Gasteiger partial charge in [0.15, 0.2) is 0 Å². The lowest BCUT2D eigenvalue weighted by atomic mass is 9.85. The number of rotatable bonds is 3. The van der Waals surface area contributed by atoms with Crippen LogP contribution in [0.1, 0.15) is 64.7 Å². The lowest BCUT2D eigenvalue weighted by Gasteiger charge is -2.33. The molecule has 94 valence electrons. The van der Waals surface area contributed by atoms with Gasteiger partial charge in [0.25, 0.3) is 0 Å². The molecule has 0 heterocycles. The lowest BCUT2D eigenvalue weighted by Crippen LogP contribution is -2.29. The predicted octanol–water partition coefficient (Wildman–Crippen LogP) is 4.52. The Labute approximate surface area is 105 Å². The van der Waals surface area contributed by atoms with Crippen molar-refractivity contribution in [1.82, 2.24) is 0 Å². The molecule has 0 aliphatic heterocycles. The van der Waals surface area contributed by atoms with Crippen molar-refractivity contribution in [2.75, 3.05) is 0 Å². The normalized spacial score (nSPS) is 34.9. The molecule has 1 nitrogen and oxygen atoms in total. The molecule has 16 heavy (non-hydrogen) atoms. The van der Waals surface area contributed by atoms with Gasteiger partial charge in [-0.3, -0.25) is 0 Å². The summed E-state index contributed by atoms with van der Waals surface area (Å²) >= 11 is 6.16. The van der Waals surface area contributed by atoms with Crippen LogP contribution in [0.25, 0.3) is 0 Å². The molecule has 0 saturated heterocycles. The number of alkyl halides is 1. The molecule has 2 heteroatoms. The lowest BCUT2D eigenvalue weighted by molar-refractivity contribution is -0.0508. The van der Waals surface area contributed by atoms with E-state index in [0.717, 1.165) is 5.92 Å². The highest BCUT2D eigenvalue weighted by atomic mass is 35.5. The van der Waals surface area contributed by atoms with Gasteiger partial charge in [0.05, 0.1) is 12.2 Å². The Bertz CT molecular complexity index is 191. The van der Waals surface area contributed by atoms with Crippen LogP contribution < -0.4 is 0 Å². The van der Waals surface area contributed by atoms with Crippen molar-refractivity contribution in [3.63, 3.8) is 0 Å². The Morgan fingerprint density at radius 1 is 0.875 bits per heavy atom. The molecule has 0 spiro atoms. The summed E-state index contributed by atoms with van der Waals surface area (Å²) in [5, 5.41) is 0.343. The SMILES string of the molecule is CC(Cl)C1CCC(OC2CCCCC2)CC1. The second-order valence-corrected chi connectivity index (χ2v) is 6.30. The van der Waals surface area contributed by atoms with Gasteiger partial charge >= 0.3 is 0 Å². The smallest absolute Gasteiger partial charge is 0.0579 e. The third kappa shape index (κ3) is 3.63. The number of ether oxygens (including phenoxy) is 1. The highest BCUT2D eigenvalue weighted by Crippen LogP contribution is 2.32. The van der Waals surface area contributed by atoms with E-state index in [1.807, 2.05) is 0 Å². The molecular formula is C14H25ClO.